The summed E-state index contributed by atoms with van der Waals surface area (Å²) in [7, 11) is -1.02. The fourth-order valence-electron chi connectivity index (χ4n) is 3.33. The number of benzene rings is 2. The van der Waals surface area contributed by atoms with Crippen LogP contribution in [0.15, 0.2) is 59.5 Å². The van der Waals surface area contributed by atoms with Crippen molar-refractivity contribution in [1.29, 1.82) is 0 Å². The molecule has 1 heterocycles. The number of carbonyl (C=O) groups is 1. The van der Waals surface area contributed by atoms with Gasteiger partial charge in [-0.05, 0) is 47.4 Å². The van der Waals surface area contributed by atoms with Crippen LogP contribution in [-0.4, -0.2) is 44.7 Å². The summed E-state index contributed by atoms with van der Waals surface area (Å²) < 4.78 is 30.2. The van der Waals surface area contributed by atoms with E-state index < -0.39 is 14.9 Å². The number of hydrogen-bond acceptors (Lipinski definition) is 6. The molecule has 1 fully saturated rings. The summed E-state index contributed by atoms with van der Waals surface area (Å²) in [6.45, 7) is 1.18. The molecule has 1 unspecified atom stereocenters. The Morgan fingerprint density at radius 3 is 2.32 bits per heavy atom. The van der Waals surface area contributed by atoms with Crippen LogP contribution in [0.3, 0.4) is 0 Å². The van der Waals surface area contributed by atoms with E-state index in [-0.39, 0.29) is 11.2 Å². The molecular formula is C20H22ClNO4S2. The van der Waals surface area contributed by atoms with Crippen LogP contribution < -0.4 is 0 Å². The summed E-state index contributed by atoms with van der Waals surface area (Å²) in [5, 5.41) is 0.493. The van der Waals surface area contributed by atoms with Crippen molar-refractivity contribution in [2.24, 2.45) is 0 Å². The molecule has 2 aromatic rings. The first-order valence-electron chi connectivity index (χ1n) is 8.97. The number of nitrogens with zero attached hydrogens (tertiary/aromatic N) is 1. The van der Waals surface area contributed by atoms with Crippen molar-refractivity contribution >= 4 is 37.2 Å². The number of methoxy groups -OCH3 is 1. The SMILES string of the molecule is COC(=O)C(c1ccccc1Cl)N1CCC(SS(=O)(=O)c2ccccc2)CC1. The molecule has 1 saturated heterocycles. The Morgan fingerprint density at radius 1 is 1.11 bits per heavy atom. The highest BCUT2D eigenvalue weighted by atomic mass is 35.5. The minimum absolute atomic E-state index is 0.0222. The number of likely N-dealkylation sites (tertiary alicyclic amines) is 1. The lowest BCUT2D eigenvalue weighted by Gasteiger charge is -2.36. The summed E-state index contributed by atoms with van der Waals surface area (Å²) in [5.41, 5.74) is 0.707. The van der Waals surface area contributed by atoms with E-state index in [1.54, 1.807) is 36.4 Å². The van der Waals surface area contributed by atoms with E-state index in [2.05, 4.69) is 0 Å². The highest BCUT2D eigenvalue weighted by Crippen LogP contribution is 2.36. The molecule has 8 heteroatoms. The monoisotopic (exact) mass is 439 g/mol. The number of esters is 1. The Kier molecular flexibility index (Phi) is 7.04. The average Bonchev–Trinajstić information content (AvgIpc) is 2.71. The lowest BCUT2D eigenvalue weighted by Crippen LogP contribution is -2.41. The molecule has 0 saturated carbocycles. The number of hydrogen-bond donors (Lipinski definition) is 0. The van der Waals surface area contributed by atoms with Gasteiger partial charge in [0.05, 0.1) is 12.0 Å². The minimum atomic E-state index is -3.39. The number of rotatable bonds is 6. The topological polar surface area (TPSA) is 63.7 Å². The zero-order chi connectivity index (χ0) is 20.1. The zero-order valence-electron chi connectivity index (χ0n) is 15.5. The summed E-state index contributed by atoms with van der Waals surface area (Å²) in [6.07, 6.45) is 1.32. The quantitative estimate of drug-likeness (QED) is 0.498. The fourth-order valence-corrected chi connectivity index (χ4v) is 7.25. The molecule has 3 rings (SSSR count). The first kappa shape index (κ1) is 21.2. The Hall–Kier alpha value is -1.54. The molecule has 28 heavy (non-hydrogen) atoms. The number of halogens is 1. The van der Waals surface area contributed by atoms with Crippen LogP contribution in [0.4, 0.5) is 0 Å². The first-order valence-corrected chi connectivity index (χ1v) is 12.2. The van der Waals surface area contributed by atoms with Crippen molar-refractivity contribution < 1.29 is 17.9 Å². The summed E-state index contributed by atoms with van der Waals surface area (Å²) in [4.78, 5) is 14.8. The van der Waals surface area contributed by atoms with Crippen molar-refractivity contribution in [3.05, 3.63) is 65.2 Å². The van der Waals surface area contributed by atoms with Gasteiger partial charge in [-0.1, -0.05) is 48.0 Å². The average molecular weight is 440 g/mol. The van der Waals surface area contributed by atoms with Crippen LogP contribution in [0.25, 0.3) is 0 Å². The van der Waals surface area contributed by atoms with E-state index in [0.29, 0.717) is 41.4 Å². The Bertz CT molecular complexity index is 913. The van der Waals surface area contributed by atoms with Crippen LogP contribution >= 0.6 is 22.4 Å². The molecule has 0 amide bonds. The fraction of sp³-hybridized carbons (Fsp3) is 0.350. The van der Waals surface area contributed by atoms with Crippen molar-refractivity contribution in [3.63, 3.8) is 0 Å². The lowest BCUT2D eigenvalue weighted by atomic mass is 10.0. The van der Waals surface area contributed by atoms with Crippen molar-refractivity contribution in [1.82, 2.24) is 4.90 Å². The van der Waals surface area contributed by atoms with Gasteiger partial charge in [0.15, 0.2) is 0 Å². The predicted molar refractivity (Wildman–Crippen MR) is 112 cm³/mol. The summed E-state index contributed by atoms with van der Waals surface area (Å²) in [5.74, 6) is -0.365. The van der Waals surface area contributed by atoms with Crippen molar-refractivity contribution in [3.8, 4) is 0 Å². The predicted octanol–water partition coefficient (Wildman–Crippen LogP) is 4.14. The Morgan fingerprint density at radius 2 is 1.71 bits per heavy atom. The van der Waals surface area contributed by atoms with Crippen LogP contribution in [0.1, 0.15) is 24.4 Å². The standard InChI is InChI=1S/C20H22ClNO4S2/c1-26-20(23)19(17-9-5-6-10-18(17)21)22-13-11-15(12-14-22)27-28(24,25)16-7-3-2-4-8-16/h2-10,15,19H,11-14H2,1H3. The van der Waals surface area contributed by atoms with E-state index in [4.69, 9.17) is 16.3 Å². The van der Waals surface area contributed by atoms with Gasteiger partial charge in [-0.15, -0.1) is 0 Å². The first-order chi connectivity index (χ1) is 13.4. The van der Waals surface area contributed by atoms with Gasteiger partial charge in [-0.25, -0.2) is 13.2 Å². The van der Waals surface area contributed by atoms with Gasteiger partial charge in [-0.2, -0.15) is 0 Å². The molecule has 1 aliphatic rings. The van der Waals surface area contributed by atoms with Crippen LogP contribution in [-0.2, 0) is 18.4 Å². The molecule has 0 aromatic heterocycles. The van der Waals surface area contributed by atoms with Crippen molar-refractivity contribution in [2.75, 3.05) is 20.2 Å². The molecule has 2 aromatic carbocycles. The second-order valence-electron chi connectivity index (χ2n) is 6.55. The molecule has 0 N–H and O–H groups in total. The van der Waals surface area contributed by atoms with Gasteiger partial charge < -0.3 is 4.74 Å². The lowest BCUT2D eigenvalue weighted by molar-refractivity contribution is -0.147. The van der Waals surface area contributed by atoms with Gasteiger partial charge in [-0.3, -0.25) is 4.90 Å². The van der Waals surface area contributed by atoms with Crippen LogP contribution in [0.2, 0.25) is 5.02 Å². The van der Waals surface area contributed by atoms with E-state index in [1.807, 2.05) is 23.1 Å². The van der Waals surface area contributed by atoms with Crippen LogP contribution in [0.5, 0.6) is 0 Å². The maximum absolute atomic E-state index is 12.6. The largest absolute Gasteiger partial charge is 0.468 e. The van der Waals surface area contributed by atoms with E-state index in [9.17, 15) is 13.2 Å². The summed E-state index contributed by atoms with van der Waals surface area (Å²) >= 11 is 6.31. The number of ether oxygens (including phenoxy) is 1. The minimum Gasteiger partial charge on any atom is -0.468 e. The molecule has 0 radical (unpaired) electrons. The van der Waals surface area contributed by atoms with Gasteiger partial charge in [0.25, 0.3) is 0 Å². The third-order valence-electron chi connectivity index (χ3n) is 4.76. The second kappa shape index (κ2) is 9.31. The van der Waals surface area contributed by atoms with E-state index in [1.165, 1.54) is 7.11 Å². The third-order valence-corrected chi connectivity index (χ3v) is 9.11. The number of piperidine rings is 1. The Labute approximate surface area is 174 Å². The highest BCUT2D eigenvalue weighted by molar-refractivity contribution is 8.72. The zero-order valence-corrected chi connectivity index (χ0v) is 17.8. The summed E-state index contributed by atoms with van der Waals surface area (Å²) in [6, 6.07) is 15.1. The molecule has 0 aliphatic carbocycles. The maximum atomic E-state index is 12.6. The number of carbonyl (C=O) groups excluding carboxylic acids is 1. The molecule has 0 spiro atoms. The van der Waals surface area contributed by atoms with Crippen molar-refractivity contribution in [2.45, 2.75) is 29.0 Å². The van der Waals surface area contributed by atoms with E-state index in [0.717, 1.165) is 10.8 Å². The normalized spacial score (nSPS) is 17.2. The molecule has 1 aliphatic heterocycles. The van der Waals surface area contributed by atoms with Gasteiger partial charge in [0.1, 0.15) is 6.04 Å². The van der Waals surface area contributed by atoms with Gasteiger partial charge >= 0.3 is 5.97 Å². The molecule has 5 nitrogen and oxygen atoms in total. The molecular weight excluding hydrogens is 418 g/mol. The highest BCUT2D eigenvalue weighted by Gasteiger charge is 2.34. The third kappa shape index (κ3) is 4.89. The van der Waals surface area contributed by atoms with Crippen LogP contribution in [0, 0.1) is 0 Å². The van der Waals surface area contributed by atoms with Gasteiger partial charge in [0, 0.05) is 23.4 Å². The molecule has 0 bridgehead atoms. The maximum Gasteiger partial charge on any atom is 0.327 e. The van der Waals surface area contributed by atoms with E-state index >= 15 is 0 Å². The smallest absolute Gasteiger partial charge is 0.327 e. The molecule has 150 valence electrons. The second-order valence-corrected chi connectivity index (χ2v) is 11.1. The molecule has 1 atom stereocenters. The Balaban J connectivity index is 1.69. The van der Waals surface area contributed by atoms with Gasteiger partial charge in [0.2, 0.25) is 8.87 Å².